The number of aryl methyl sites for hydroxylation is 2. The zero-order chi connectivity index (χ0) is 20.4. The number of nitrogens with zero attached hydrogens (tertiary/aromatic N) is 2. The van der Waals surface area contributed by atoms with E-state index in [2.05, 4.69) is 47.3 Å². The van der Waals surface area contributed by atoms with Crippen molar-refractivity contribution in [2.24, 2.45) is 0 Å². The number of nitrogens with one attached hydrogen (secondary N) is 1. The predicted molar refractivity (Wildman–Crippen MR) is 117 cm³/mol. The van der Waals surface area contributed by atoms with Crippen molar-refractivity contribution >= 4 is 11.6 Å². The number of fused-ring (bicyclic) bond motifs is 1. The fraction of sp³-hybridized carbons (Fsp3) is 0.458. The van der Waals surface area contributed by atoms with Crippen LogP contribution in [0, 0.1) is 13.8 Å². The lowest BCUT2D eigenvalue weighted by Gasteiger charge is -2.35. The minimum atomic E-state index is -0.00717. The maximum atomic E-state index is 12.8. The third-order valence-electron chi connectivity index (χ3n) is 6.33. The second kappa shape index (κ2) is 8.56. The standard InChI is InChI=1S/C24H31N3O2/c1-17-4-5-21(14-18(17)2)24(28)25-16-23(27-10-12-29-13-11-27)19-6-7-22-20(15-19)8-9-26(22)3/h4-7,14-15,23H,8-13,16H2,1-3H3,(H,25,28)/t23-/m1/s1. The highest BCUT2D eigenvalue weighted by Gasteiger charge is 2.25. The van der Waals surface area contributed by atoms with Gasteiger partial charge in [0.05, 0.1) is 19.3 Å². The largest absolute Gasteiger partial charge is 0.379 e. The summed E-state index contributed by atoms with van der Waals surface area (Å²) in [5.41, 5.74) is 7.09. The molecule has 29 heavy (non-hydrogen) atoms. The van der Waals surface area contributed by atoms with Crippen molar-refractivity contribution in [3.8, 4) is 0 Å². The average molecular weight is 394 g/mol. The predicted octanol–water partition coefficient (Wildman–Crippen LogP) is 3.10. The number of ether oxygens (including phenoxy) is 1. The fourth-order valence-corrected chi connectivity index (χ4v) is 4.31. The first-order chi connectivity index (χ1) is 14.0. The van der Waals surface area contributed by atoms with Gasteiger partial charge in [0.25, 0.3) is 5.91 Å². The minimum Gasteiger partial charge on any atom is -0.379 e. The summed E-state index contributed by atoms with van der Waals surface area (Å²) >= 11 is 0. The van der Waals surface area contributed by atoms with Gasteiger partial charge in [0.1, 0.15) is 0 Å². The molecule has 4 rings (SSSR count). The third-order valence-corrected chi connectivity index (χ3v) is 6.33. The van der Waals surface area contributed by atoms with Crippen LogP contribution in [0.3, 0.4) is 0 Å². The molecule has 0 unspecified atom stereocenters. The average Bonchev–Trinajstić information content (AvgIpc) is 3.11. The van der Waals surface area contributed by atoms with Gasteiger partial charge in [0, 0.05) is 44.5 Å². The summed E-state index contributed by atoms with van der Waals surface area (Å²) in [5.74, 6) is -0.00717. The Balaban J connectivity index is 1.53. The van der Waals surface area contributed by atoms with Crippen LogP contribution in [0.5, 0.6) is 0 Å². The first-order valence-electron chi connectivity index (χ1n) is 10.5. The van der Waals surface area contributed by atoms with E-state index in [1.165, 1.54) is 22.4 Å². The Hall–Kier alpha value is -2.37. The molecule has 2 heterocycles. The van der Waals surface area contributed by atoms with E-state index >= 15 is 0 Å². The number of hydrogen-bond donors (Lipinski definition) is 1. The molecule has 0 aromatic heterocycles. The Morgan fingerprint density at radius 2 is 1.86 bits per heavy atom. The van der Waals surface area contributed by atoms with Crippen molar-refractivity contribution in [3.05, 3.63) is 64.2 Å². The molecule has 1 amide bonds. The molecule has 1 N–H and O–H groups in total. The molecule has 2 aliphatic heterocycles. The number of anilines is 1. The van der Waals surface area contributed by atoms with Crippen LogP contribution >= 0.6 is 0 Å². The maximum Gasteiger partial charge on any atom is 0.251 e. The van der Waals surface area contributed by atoms with Crippen LogP contribution in [0.25, 0.3) is 0 Å². The second-order valence-electron chi connectivity index (χ2n) is 8.23. The summed E-state index contributed by atoms with van der Waals surface area (Å²) < 4.78 is 5.56. The number of morpholine rings is 1. The highest BCUT2D eigenvalue weighted by atomic mass is 16.5. The van der Waals surface area contributed by atoms with Gasteiger partial charge < -0.3 is 15.0 Å². The van der Waals surface area contributed by atoms with Gasteiger partial charge in [0.15, 0.2) is 0 Å². The van der Waals surface area contributed by atoms with Gasteiger partial charge in [-0.3, -0.25) is 9.69 Å². The number of benzene rings is 2. The van der Waals surface area contributed by atoms with Crippen molar-refractivity contribution in [1.82, 2.24) is 10.2 Å². The number of hydrogen-bond acceptors (Lipinski definition) is 4. The monoisotopic (exact) mass is 393 g/mol. The Morgan fingerprint density at radius 1 is 1.07 bits per heavy atom. The Morgan fingerprint density at radius 3 is 2.62 bits per heavy atom. The Labute approximate surface area is 173 Å². The second-order valence-corrected chi connectivity index (χ2v) is 8.23. The first kappa shape index (κ1) is 19.9. The van der Waals surface area contributed by atoms with Crippen molar-refractivity contribution < 1.29 is 9.53 Å². The van der Waals surface area contributed by atoms with Crippen LogP contribution in [-0.4, -0.2) is 57.2 Å². The lowest BCUT2D eigenvalue weighted by molar-refractivity contribution is 0.0162. The summed E-state index contributed by atoms with van der Waals surface area (Å²) in [7, 11) is 2.15. The quantitative estimate of drug-likeness (QED) is 0.848. The van der Waals surface area contributed by atoms with Crippen molar-refractivity contribution in [2.45, 2.75) is 26.3 Å². The Kier molecular flexibility index (Phi) is 5.88. The number of carbonyl (C=O) groups is 1. The highest BCUT2D eigenvalue weighted by molar-refractivity contribution is 5.94. The van der Waals surface area contributed by atoms with E-state index in [-0.39, 0.29) is 11.9 Å². The van der Waals surface area contributed by atoms with Crippen LogP contribution in [0.2, 0.25) is 0 Å². The molecule has 0 radical (unpaired) electrons. The van der Waals surface area contributed by atoms with E-state index < -0.39 is 0 Å². The molecule has 2 aliphatic rings. The summed E-state index contributed by atoms with van der Waals surface area (Å²) in [5, 5.41) is 3.19. The van der Waals surface area contributed by atoms with Crippen LogP contribution in [0.1, 0.15) is 38.7 Å². The smallest absolute Gasteiger partial charge is 0.251 e. The van der Waals surface area contributed by atoms with Crippen LogP contribution in [0.4, 0.5) is 5.69 Å². The fourth-order valence-electron chi connectivity index (χ4n) is 4.31. The van der Waals surface area contributed by atoms with E-state index in [0.29, 0.717) is 6.54 Å². The van der Waals surface area contributed by atoms with Crippen LogP contribution < -0.4 is 10.2 Å². The van der Waals surface area contributed by atoms with Gasteiger partial charge in [-0.25, -0.2) is 0 Å². The minimum absolute atomic E-state index is 0.00717. The van der Waals surface area contributed by atoms with E-state index in [4.69, 9.17) is 4.74 Å². The molecule has 1 saturated heterocycles. The van der Waals surface area contributed by atoms with E-state index in [9.17, 15) is 4.79 Å². The lowest BCUT2D eigenvalue weighted by Crippen LogP contribution is -2.43. The van der Waals surface area contributed by atoms with Crippen LogP contribution in [0.15, 0.2) is 36.4 Å². The molecule has 5 heteroatoms. The van der Waals surface area contributed by atoms with E-state index in [1.807, 2.05) is 25.1 Å². The van der Waals surface area contributed by atoms with Gasteiger partial charge in [-0.05, 0) is 60.7 Å². The SMILES string of the molecule is Cc1ccc(C(=O)NC[C@H](c2ccc3c(c2)CCN3C)N2CCOCC2)cc1C. The molecule has 0 aliphatic carbocycles. The maximum absolute atomic E-state index is 12.8. The molecular formula is C24H31N3O2. The molecule has 1 atom stereocenters. The molecule has 154 valence electrons. The van der Waals surface area contributed by atoms with Gasteiger partial charge in [0.2, 0.25) is 0 Å². The number of amides is 1. The van der Waals surface area contributed by atoms with Crippen molar-refractivity contribution in [2.75, 3.05) is 51.3 Å². The normalized spacial score (nSPS) is 17.8. The topological polar surface area (TPSA) is 44.8 Å². The summed E-state index contributed by atoms with van der Waals surface area (Å²) in [6, 6.07) is 12.8. The molecule has 0 spiro atoms. The molecule has 0 bridgehead atoms. The molecule has 2 aromatic carbocycles. The number of rotatable bonds is 5. The van der Waals surface area contributed by atoms with Crippen molar-refractivity contribution in [1.29, 1.82) is 0 Å². The number of carbonyl (C=O) groups excluding carboxylic acids is 1. The molecule has 2 aromatic rings. The summed E-state index contributed by atoms with van der Waals surface area (Å²) in [6.07, 6.45) is 1.09. The summed E-state index contributed by atoms with van der Waals surface area (Å²) in [6.45, 7) is 9.05. The van der Waals surface area contributed by atoms with Gasteiger partial charge in [-0.2, -0.15) is 0 Å². The summed E-state index contributed by atoms with van der Waals surface area (Å²) in [4.78, 5) is 17.5. The lowest BCUT2D eigenvalue weighted by atomic mass is 10.00. The zero-order valence-corrected chi connectivity index (χ0v) is 17.7. The first-order valence-corrected chi connectivity index (χ1v) is 10.5. The van der Waals surface area contributed by atoms with Crippen molar-refractivity contribution in [3.63, 3.8) is 0 Å². The Bertz CT molecular complexity index is 890. The van der Waals surface area contributed by atoms with Gasteiger partial charge >= 0.3 is 0 Å². The third kappa shape index (κ3) is 4.31. The highest BCUT2D eigenvalue weighted by Crippen LogP contribution is 2.31. The van der Waals surface area contributed by atoms with E-state index in [0.717, 1.165) is 50.4 Å². The molecule has 5 nitrogen and oxygen atoms in total. The van der Waals surface area contributed by atoms with E-state index in [1.54, 1.807) is 0 Å². The van der Waals surface area contributed by atoms with Gasteiger partial charge in [-0.1, -0.05) is 18.2 Å². The zero-order valence-electron chi connectivity index (χ0n) is 17.7. The van der Waals surface area contributed by atoms with Crippen LogP contribution in [-0.2, 0) is 11.2 Å². The molecule has 1 fully saturated rings. The molecule has 0 saturated carbocycles. The van der Waals surface area contributed by atoms with Gasteiger partial charge in [-0.15, -0.1) is 0 Å². The molecular weight excluding hydrogens is 362 g/mol. The number of likely N-dealkylation sites (N-methyl/N-ethyl adjacent to an activating group) is 1.